The predicted octanol–water partition coefficient (Wildman–Crippen LogP) is 1.11. The Morgan fingerprint density at radius 1 is 1.88 bits per heavy atom. The van der Waals surface area contributed by atoms with Gasteiger partial charge in [0.1, 0.15) is 5.16 Å². The Hall–Kier alpha value is -0.470. The van der Waals surface area contributed by atoms with Crippen LogP contribution in [0.3, 0.4) is 0 Å². The van der Waals surface area contributed by atoms with Gasteiger partial charge in [0.05, 0.1) is 0 Å². The van der Waals surface area contributed by atoms with Gasteiger partial charge in [0.2, 0.25) is 0 Å². The molecule has 0 atom stereocenters. The molecule has 3 N–H and O–H groups in total. The Morgan fingerprint density at radius 2 is 2.38 bits per heavy atom. The van der Waals surface area contributed by atoms with Crippen LogP contribution < -0.4 is 11.3 Å². The van der Waals surface area contributed by atoms with Gasteiger partial charge < -0.3 is 5.43 Å². The molecule has 0 radical (unpaired) electrons. The van der Waals surface area contributed by atoms with E-state index in [9.17, 15) is 0 Å². The minimum absolute atomic E-state index is 0.400. The average Bonchev–Trinajstić information content (AvgIpc) is 1.65. The van der Waals surface area contributed by atoms with Crippen molar-refractivity contribution in [3.05, 3.63) is 23.4 Å². The Balaban J connectivity index is 3.75. The molecule has 3 heteroatoms. The lowest BCUT2D eigenvalue weighted by molar-refractivity contribution is 0.943. The predicted molar refractivity (Wildman–Crippen MR) is 36.1 cm³/mol. The molecule has 0 aromatic heterocycles. The van der Waals surface area contributed by atoms with Crippen molar-refractivity contribution in [2.75, 3.05) is 0 Å². The number of hydrazine groups is 1. The summed E-state index contributed by atoms with van der Waals surface area (Å²) in [5.74, 6) is 4.93. The van der Waals surface area contributed by atoms with Crippen molar-refractivity contribution in [2.45, 2.75) is 6.92 Å². The lowest BCUT2D eigenvalue weighted by Gasteiger charge is -1.92. The Labute approximate surface area is 54.0 Å². The molecule has 46 valence electrons. The Kier molecular flexibility index (Phi) is 3.31. The molecule has 0 spiro atoms. The summed E-state index contributed by atoms with van der Waals surface area (Å²) < 4.78 is 0. The maximum Gasteiger partial charge on any atom is 0.116 e. The fourth-order valence-electron chi connectivity index (χ4n) is 0.258. The van der Waals surface area contributed by atoms with Crippen molar-refractivity contribution in [3.8, 4) is 0 Å². The van der Waals surface area contributed by atoms with Crippen LogP contribution in [0.15, 0.2) is 23.4 Å². The first-order valence-electron chi connectivity index (χ1n) is 2.16. The van der Waals surface area contributed by atoms with E-state index in [1.807, 2.05) is 6.92 Å². The van der Waals surface area contributed by atoms with E-state index in [2.05, 4.69) is 12.0 Å². The largest absolute Gasteiger partial charge is 0.314 e. The number of nitrogens with two attached hydrogens (primary N) is 1. The summed E-state index contributed by atoms with van der Waals surface area (Å²) in [6.07, 6.45) is 1.64. The number of halogens is 1. The van der Waals surface area contributed by atoms with Crippen LogP contribution in [0.2, 0.25) is 0 Å². The zero-order valence-corrected chi connectivity index (χ0v) is 5.50. The summed E-state index contributed by atoms with van der Waals surface area (Å²) in [7, 11) is 0. The molecule has 0 fully saturated rings. The van der Waals surface area contributed by atoms with Gasteiger partial charge >= 0.3 is 0 Å². The molecule has 2 nitrogen and oxygen atoms in total. The summed E-state index contributed by atoms with van der Waals surface area (Å²) in [5, 5.41) is 0.400. The number of hydrogen-bond acceptors (Lipinski definition) is 2. The van der Waals surface area contributed by atoms with Gasteiger partial charge in [-0.05, 0) is 13.0 Å². The highest BCUT2D eigenvalue weighted by molar-refractivity contribution is 6.29. The summed E-state index contributed by atoms with van der Waals surface area (Å²) in [5.41, 5.74) is 3.13. The second-order valence-electron chi connectivity index (χ2n) is 1.48. The molecule has 0 bridgehead atoms. The number of rotatable bonds is 2. The zero-order valence-electron chi connectivity index (χ0n) is 4.74. The van der Waals surface area contributed by atoms with Crippen LogP contribution in [0.25, 0.3) is 0 Å². The molecule has 0 heterocycles. The van der Waals surface area contributed by atoms with Crippen LogP contribution in [-0.2, 0) is 0 Å². The highest BCUT2D eigenvalue weighted by Crippen LogP contribution is 1.98. The Bertz CT molecular complexity index is 118. The lowest BCUT2D eigenvalue weighted by Crippen LogP contribution is -2.17. The van der Waals surface area contributed by atoms with Gasteiger partial charge in [0, 0.05) is 0 Å². The van der Waals surface area contributed by atoms with Crippen molar-refractivity contribution in [1.29, 1.82) is 0 Å². The third-order valence-electron chi connectivity index (χ3n) is 0.511. The minimum atomic E-state index is 0.400. The van der Waals surface area contributed by atoms with Crippen LogP contribution in [0, 0.1) is 0 Å². The summed E-state index contributed by atoms with van der Waals surface area (Å²) in [6.45, 7) is 5.42. The van der Waals surface area contributed by atoms with Crippen LogP contribution in [0.4, 0.5) is 0 Å². The number of allylic oxidation sites excluding steroid dienone is 2. The van der Waals surface area contributed by atoms with Gasteiger partial charge in [-0.15, -0.1) is 0 Å². The summed E-state index contributed by atoms with van der Waals surface area (Å²) >= 11 is 5.42. The Morgan fingerprint density at radius 3 is 2.50 bits per heavy atom. The quantitative estimate of drug-likeness (QED) is 0.256. The third kappa shape index (κ3) is 3.71. The first kappa shape index (κ1) is 7.53. The SMILES string of the molecule is C=C(C)/C=C(/Cl)NN. The molecule has 0 amide bonds. The van der Waals surface area contributed by atoms with Crippen molar-refractivity contribution in [3.63, 3.8) is 0 Å². The molecule has 0 saturated carbocycles. The second-order valence-corrected chi connectivity index (χ2v) is 1.89. The molecule has 0 saturated heterocycles. The fourth-order valence-corrected chi connectivity index (χ4v) is 0.444. The van der Waals surface area contributed by atoms with Gasteiger partial charge in [-0.2, -0.15) is 0 Å². The monoisotopic (exact) mass is 132 g/mol. The van der Waals surface area contributed by atoms with Crippen molar-refractivity contribution < 1.29 is 0 Å². The van der Waals surface area contributed by atoms with E-state index in [1.165, 1.54) is 0 Å². The maximum atomic E-state index is 5.42. The van der Waals surface area contributed by atoms with Gasteiger partial charge in [-0.1, -0.05) is 23.8 Å². The molecule has 0 rings (SSSR count). The van der Waals surface area contributed by atoms with Crippen molar-refractivity contribution in [1.82, 2.24) is 5.43 Å². The van der Waals surface area contributed by atoms with E-state index in [1.54, 1.807) is 6.08 Å². The molecule has 0 aromatic carbocycles. The topological polar surface area (TPSA) is 38.0 Å². The fraction of sp³-hybridized carbons (Fsp3) is 0.200. The summed E-state index contributed by atoms with van der Waals surface area (Å²) in [4.78, 5) is 0. The first-order chi connectivity index (χ1) is 3.66. The molecular formula is C5H9ClN2. The van der Waals surface area contributed by atoms with E-state index in [4.69, 9.17) is 17.4 Å². The number of nitrogens with one attached hydrogen (secondary N) is 1. The maximum absolute atomic E-state index is 5.42. The smallest absolute Gasteiger partial charge is 0.116 e. The van der Waals surface area contributed by atoms with Crippen LogP contribution in [-0.4, -0.2) is 0 Å². The van der Waals surface area contributed by atoms with Crippen molar-refractivity contribution >= 4 is 11.6 Å². The van der Waals surface area contributed by atoms with Crippen LogP contribution in [0.5, 0.6) is 0 Å². The van der Waals surface area contributed by atoms with E-state index < -0.39 is 0 Å². The molecule has 0 aromatic rings. The van der Waals surface area contributed by atoms with E-state index in [0.717, 1.165) is 5.57 Å². The van der Waals surface area contributed by atoms with Gasteiger partial charge in [-0.25, -0.2) is 5.84 Å². The zero-order chi connectivity index (χ0) is 6.57. The molecule has 0 aliphatic rings. The lowest BCUT2D eigenvalue weighted by atomic mass is 10.3. The van der Waals surface area contributed by atoms with Gasteiger partial charge in [0.15, 0.2) is 0 Å². The first-order valence-corrected chi connectivity index (χ1v) is 2.54. The average molecular weight is 133 g/mol. The normalized spacial score (nSPS) is 11.1. The second kappa shape index (κ2) is 3.52. The van der Waals surface area contributed by atoms with E-state index in [0.29, 0.717) is 5.16 Å². The molecule has 8 heavy (non-hydrogen) atoms. The molecule has 0 aliphatic heterocycles. The van der Waals surface area contributed by atoms with E-state index in [-0.39, 0.29) is 0 Å². The summed E-state index contributed by atoms with van der Waals surface area (Å²) in [6, 6.07) is 0. The molecule has 0 unspecified atom stereocenters. The van der Waals surface area contributed by atoms with Gasteiger partial charge in [0.25, 0.3) is 0 Å². The van der Waals surface area contributed by atoms with E-state index >= 15 is 0 Å². The highest BCUT2D eigenvalue weighted by atomic mass is 35.5. The third-order valence-corrected chi connectivity index (χ3v) is 0.729. The van der Waals surface area contributed by atoms with Gasteiger partial charge in [-0.3, -0.25) is 0 Å². The molecular weight excluding hydrogens is 124 g/mol. The minimum Gasteiger partial charge on any atom is -0.314 e. The molecule has 0 aliphatic carbocycles. The van der Waals surface area contributed by atoms with Crippen molar-refractivity contribution in [2.24, 2.45) is 5.84 Å². The number of hydrogen-bond donors (Lipinski definition) is 2. The van der Waals surface area contributed by atoms with Crippen LogP contribution >= 0.6 is 11.6 Å². The van der Waals surface area contributed by atoms with Crippen LogP contribution in [0.1, 0.15) is 6.92 Å². The standard InChI is InChI=1S/C5H9ClN2/c1-4(2)3-5(6)8-7/h3,8H,1,7H2,2H3/b5-3-. The highest BCUT2D eigenvalue weighted by Gasteiger charge is 1.82.